The van der Waals surface area contributed by atoms with Crippen molar-refractivity contribution in [3.8, 4) is 11.5 Å². The normalized spacial score (nSPS) is 19.4. The van der Waals surface area contributed by atoms with Gasteiger partial charge in [-0.3, -0.25) is 9.69 Å². The summed E-state index contributed by atoms with van der Waals surface area (Å²) in [5, 5.41) is 12.4. The number of aliphatic hydroxyl groups is 1. The van der Waals surface area contributed by atoms with E-state index in [-0.39, 0.29) is 18.1 Å². The molecule has 2 atom stereocenters. The largest absolute Gasteiger partial charge is 0.493 e. The number of nitrogens with one attached hydrogen (secondary N) is 1. The van der Waals surface area contributed by atoms with Crippen LogP contribution >= 0.6 is 0 Å². The van der Waals surface area contributed by atoms with Crippen LogP contribution in [0.3, 0.4) is 0 Å². The molecule has 2 N–H and O–H groups in total. The van der Waals surface area contributed by atoms with Gasteiger partial charge in [-0.2, -0.15) is 0 Å². The summed E-state index contributed by atoms with van der Waals surface area (Å²) in [7, 11) is 0. The fourth-order valence-corrected chi connectivity index (χ4v) is 4.13. The van der Waals surface area contributed by atoms with Gasteiger partial charge in [-0.15, -0.1) is 0 Å². The third kappa shape index (κ3) is 5.99. The second kappa shape index (κ2) is 10.2. The Balaban J connectivity index is 1.29. The molecule has 0 bridgehead atoms. The minimum atomic E-state index is -0.385. The Hall–Kier alpha value is -2.57. The molecule has 0 aromatic heterocycles. The molecule has 0 radical (unpaired) electrons. The number of hydrogen-bond acceptors (Lipinski definition) is 5. The first-order valence-electron chi connectivity index (χ1n) is 11.3. The molecule has 1 saturated heterocycles. The van der Waals surface area contributed by atoms with Crippen molar-refractivity contribution in [2.75, 3.05) is 26.3 Å². The van der Waals surface area contributed by atoms with Gasteiger partial charge in [0.25, 0.3) is 5.91 Å². The molecule has 1 amide bonds. The predicted molar refractivity (Wildman–Crippen MR) is 120 cm³/mol. The van der Waals surface area contributed by atoms with Crippen molar-refractivity contribution in [3.63, 3.8) is 0 Å². The Morgan fingerprint density at radius 3 is 2.74 bits per heavy atom. The summed E-state index contributed by atoms with van der Waals surface area (Å²) in [6, 6.07) is 13.5. The predicted octanol–water partition coefficient (Wildman–Crippen LogP) is 3.17. The molecule has 2 aromatic carbocycles. The van der Waals surface area contributed by atoms with Crippen molar-refractivity contribution in [3.05, 3.63) is 59.2 Å². The maximum absolute atomic E-state index is 12.6. The van der Waals surface area contributed by atoms with E-state index in [1.165, 1.54) is 31.5 Å². The summed E-state index contributed by atoms with van der Waals surface area (Å²) in [6.07, 6.45) is 3.55. The number of rotatable bonds is 8. The molecule has 0 saturated carbocycles. The quantitative estimate of drug-likeness (QED) is 0.681. The molecule has 2 aliphatic rings. The molecule has 6 heteroatoms. The summed E-state index contributed by atoms with van der Waals surface area (Å²) >= 11 is 0. The molecule has 31 heavy (non-hydrogen) atoms. The van der Waals surface area contributed by atoms with Crippen LogP contribution in [0.5, 0.6) is 11.5 Å². The van der Waals surface area contributed by atoms with Crippen LogP contribution in [-0.4, -0.2) is 54.4 Å². The fraction of sp³-hybridized carbons (Fsp3) is 0.480. The number of benzene rings is 2. The minimum absolute atomic E-state index is 0.0496. The monoisotopic (exact) mass is 424 g/mol. The van der Waals surface area contributed by atoms with Gasteiger partial charge in [-0.1, -0.05) is 12.1 Å². The van der Waals surface area contributed by atoms with Crippen LogP contribution in [0.25, 0.3) is 0 Å². The third-order valence-corrected chi connectivity index (χ3v) is 5.90. The number of hydrogen-bond donors (Lipinski definition) is 2. The number of nitrogens with zero attached hydrogens (tertiary/aromatic N) is 1. The molecule has 1 unspecified atom stereocenters. The van der Waals surface area contributed by atoms with Gasteiger partial charge in [0.15, 0.2) is 0 Å². The Bertz CT molecular complexity index is 876. The van der Waals surface area contributed by atoms with Gasteiger partial charge in [-0.05, 0) is 80.7 Å². The Morgan fingerprint density at radius 2 is 2.00 bits per heavy atom. The zero-order valence-corrected chi connectivity index (χ0v) is 18.2. The summed E-state index contributed by atoms with van der Waals surface area (Å²) in [6.45, 7) is 6.00. The van der Waals surface area contributed by atoms with Crippen LogP contribution < -0.4 is 14.8 Å². The van der Waals surface area contributed by atoms with Crippen molar-refractivity contribution in [2.45, 2.75) is 51.3 Å². The third-order valence-electron chi connectivity index (χ3n) is 5.90. The molecule has 1 fully saturated rings. The average molecular weight is 425 g/mol. The first-order valence-corrected chi connectivity index (χ1v) is 11.3. The molecule has 0 aliphatic carbocycles. The van der Waals surface area contributed by atoms with E-state index in [2.05, 4.69) is 28.4 Å². The molecular formula is C25H32N2O4. The van der Waals surface area contributed by atoms with Gasteiger partial charge in [0, 0.05) is 18.5 Å². The van der Waals surface area contributed by atoms with Gasteiger partial charge >= 0.3 is 0 Å². The highest BCUT2D eigenvalue weighted by Gasteiger charge is 2.23. The molecule has 2 aliphatic heterocycles. The first-order chi connectivity index (χ1) is 15.1. The fourth-order valence-electron chi connectivity index (χ4n) is 4.13. The Kier molecular flexibility index (Phi) is 7.10. The lowest BCUT2D eigenvalue weighted by molar-refractivity contribution is 0.0915. The molecule has 2 heterocycles. The molecule has 4 rings (SSSR count). The topological polar surface area (TPSA) is 71.0 Å². The SMILES string of the molecule is CC(O)CCOc1ccc(C(=O)N[C@H]2COc3cc(CN4CCCC4)ccc3C2)cc1. The highest BCUT2D eigenvalue weighted by molar-refractivity contribution is 5.94. The molecule has 2 aromatic rings. The smallest absolute Gasteiger partial charge is 0.251 e. The minimum Gasteiger partial charge on any atom is -0.493 e. The van der Waals surface area contributed by atoms with Gasteiger partial charge in [0.05, 0.1) is 18.8 Å². The maximum Gasteiger partial charge on any atom is 0.251 e. The van der Waals surface area contributed by atoms with Crippen molar-refractivity contribution >= 4 is 5.91 Å². The number of amides is 1. The van der Waals surface area contributed by atoms with Crippen LogP contribution in [0.15, 0.2) is 42.5 Å². The second-order valence-electron chi connectivity index (χ2n) is 8.62. The van der Waals surface area contributed by atoms with E-state index in [1.54, 1.807) is 31.2 Å². The number of ether oxygens (including phenoxy) is 2. The Morgan fingerprint density at radius 1 is 1.23 bits per heavy atom. The van der Waals surface area contributed by atoms with Crippen LogP contribution in [0, 0.1) is 0 Å². The standard InChI is InChI=1S/C25H32N2O4/c1-18(28)10-13-30-23-8-6-20(7-9-23)25(29)26-22-15-21-5-4-19(14-24(21)31-17-22)16-27-11-2-3-12-27/h4-9,14,18,22,28H,2-3,10-13,15-17H2,1H3,(H,26,29)/t18?,22-/m1/s1. The number of likely N-dealkylation sites (tertiary alicyclic amines) is 1. The van der Waals surface area contributed by atoms with Gasteiger partial charge in [0.2, 0.25) is 0 Å². The Labute approximate surface area is 184 Å². The van der Waals surface area contributed by atoms with Gasteiger partial charge < -0.3 is 19.9 Å². The van der Waals surface area contributed by atoms with E-state index in [4.69, 9.17) is 9.47 Å². The number of carbonyl (C=O) groups excluding carboxylic acids is 1. The van der Waals surface area contributed by atoms with E-state index in [1.807, 2.05) is 0 Å². The lowest BCUT2D eigenvalue weighted by Crippen LogP contribution is -2.42. The second-order valence-corrected chi connectivity index (χ2v) is 8.62. The first kappa shape index (κ1) is 21.7. The lowest BCUT2D eigenvalue weighted by Gasteiger charge is -2.27. The summed E-state index contributed by atoms with van der Waals surface area (Å²) in [5.41, 5.74) is 3.03. The molecule has 6 nitrogen and oxygen atoms in total. The zero-order chi connectivity index (χ0) is 21.6. The molecule has 0 spiro atoms. The molecule has 166 valence electrons. The van der Waals surface area contributed by atoms with Crippen molar-refractivity contribution in [2.24, 2.45) is 0 Å². The van der Waals surface area contributed by atoms with Crippen molar-refractivity contribution in [1.29, 1.82) is 0 Å². The van der Waals surface area contributed by atoms with Gasteiger partial charge in [-0.25, -0.2) is 0 Å². The molecular weight excluding hydrogens is 392 g/mol. The van der Waals surface area contributed by atoms with E-state index < -0.39 is 0 Å². The van der Waals surface area contributed by atoms with E-state index in [0.29, 0.717) is 30.9 Å². The number of fused-ring (bicyclic) bond motifs is 1. The van der Waals surface area contributed by atoms with E-state index in [0.717, 1.165) is 24.3 Å². The summed E-state index contributed by atoms with van der Waals surface area (Å²) in [5.74, 6) is 1.52. The number of aliphatic hydroxyl groups excluding tert-OH is 1. The highest BCUT2D eigenvalue weighted by atomic mass is 16.5. The number of carbonyl (C=O) groups is 1. The zero-order valence-electron chi connectivity index (χ0n) is 18.2. The van der Waals surface area contributed by atoms with Crippen LogP contribution in [0.1, 0.15) is 47.7 Å². The van der Waals surface area contributed by atoms with Crippen LogP contribution in [0.2, 0.25) is 0 Å². The lowest BCUT2D eigenvalue weighted by atomic mass is 10.00. The summed E-state index contributed by atoms with van der Waals surface area (Å²) < 4.78 is 11.6. The highest BCUT2D eigenvalue weighted by Crippen LogP contribution is 2.27. The van der Waals surface area contributed by atoms with Crippen molar-refractivity contribution in [1.82, 2.24) is 10.2 Å². The van der Waals surface area contributed by atoms with E-state index >= 15 is 0 Å². The van der Waals surface area contributed by atoms with Gasteiger partial charge in [0.1, 0.15) is 18.1 Å². The maximum atomic E-state index is 12.6. The van der Waals surface area contributed by atoms with Crippen molar-refractivity contribution < 1.29 is 19.4 Å². The average Bonchev–Trinajstić information content (AvgIpc) is 3.27. The van der Waals surface area contributed by atoms with Crippen LogP contribution in [-0.2, 0) is 13.0 Å². The summed E-state index contributed by atoms with van der Waals surface area (Å²) in [4.78, 5) is 15.1. The van der Waals surface area contributed by atoms with Crippen LogP contribution in [0.4, 0.5) is 0 Å². The van der Waals surface area contributed by atoms with E-state index in [9.17, 15) is 9.90 Å².